The van der Waals surface area contributed by atoms with Crippen LogP contribution in [0.2, 0.25) is 0 Å². The van der Waals surface area contributed by atoms with Crippen LogP contribution in [-0.4, -0.2) is 27.0 Å². The van der Waals surface area contributed by atoms with Crippen LogP contribution in [0.15, 0.2) is 94.6 Å². The summed E-state index contributed by atoms with van der Waals surface area (Å²) < 4.78 is 59.3. The number of pyridine rings is 1. The van der Waals surface area contributed by atoms with E-state index in [1.54, 1.807) is 18.2 Å². The minimum absolute atomic E-state index is 0.0493. The average molecular weight is 567 g/mol. The van der Waals surface area contributed by atoms with Gasteiger partial charge in [0.25, 0.3) is 11.5 Å². The lowest BCUT2D eigenvalue weighted by molar-refractivity contribution is -0.137. The molecule has 0 spiro atoms. The number of alkyl halides is 3. The topological polar surface area (TPSA) is 109 Å². The molecule has 5 aromatic rings. The van der Waals surface area contributed by atoms with Crippen LogP contribution < -0.4 is 21.3 Å². The van der Waals surface area contributed by atoms with Crippen molar-refractivity contribution in [3.63, 3.8) is 0 Å². The van der Waals surface area contributed by atoms with Crippen molar-refractivity contribution < 1.29 is 27.1 Å². The third kappa shape index (κ3) is 6.38. The Bertz CT molecular complexity index is 1810. The molecule has 2 aromatic heterocycles. The van der Waals surface area contributed by atoms with E-state index in [-0.39, 0.29) is 24.4 Å². The third-order valence-electron chi connectivity index (χ3n) is 6.38. The molecule has 0 saturated heterocycles. The monoisotopic (exact) mass is 566 g/mol. The van der Waals surface area contributed by atoms with Crippen LogP contribution in [0.4, 0.5) is 17.6 Å². The molecule has 41 heavy (non-hydrogen) atoms. The highest BCUT2D eigenvalue weighted by Gasteiger charge is 2.30. The summed E-state index contributed by atoms with van der Waals surface area (Å²) in [5.74, 6) is -0.802. The standard InChI is InChI=1S/C29H22F4N4O4/c30-20-9-5-18(6-10-20)25(16-41-21-11-12-23-24(14-21)36-28(40)35-23)34-26(38)22-2-1-13-37(27(22)39)15-17-3-7-19(8-4-17)29(31,32)33/h1-14,25H,15-16H2,(H,34,38)(H2,35,36,40)/t25-/m0/s1. The van der Waals surface area contributed by atoms with E-state index in [0.29, 0.717) is 27.9 Å². The second-order valence-electron chi connectivity index (χ2n) is 9.22. The Morgan fingerprint density at radius 3 is 2.34 bits per heavy atom. The van der Waals surface area contributed by atoms with Crippen molar-refractivity contribution in [1.29, 1.82) is 0 Å². The van der Waals surface area contributed by atoms with Crippen LogP contribution in [0, 0.1) is 5.82 Å². The van der Waals surface area contributed by atoms with E-state index in [4.69, 9.17) is 4.74 Å². The van der Waals surface area contributed by atoms with Crippen molar-refractivity contribution in [2.24, 2.45) is 0 Å². The second-order valence-corrected chi connectivity index (χ2v) is 9.22. The summed E-state index contributed by atoms with van der Waals surface area (Å²) in [5, 5.41) is 2.75. The summed E-state index contributed by atoms with van der Waals surface area (Å²) in [6.45, 7) is -0.142. The number of halogens is 4. The van der Waals surface area contributed by atoms with E-state index in [9.17, 15) is 31.9 Å². The van der Waals surface area contributed by atoms with Gasteiger partial charge in [-0.25, -0.2) is 9.18 Å². The van der Waals surface area contributed by atoms with E-state index in [1.807, 2.05) is 0 Å². The fourth-order valence-corrected chi connectivity index (χ4v) is 4.26. The summed E-state index contributed by atoms with van der Waals surface area (Å²) >= 11 is 0. The number of benzene rings is 3. The first-order valence-corrected chi connectivity index (χ1v) is 12.3. The van der Waals surface area contributed by atoms with Gasteiger partial charge in [-0.3, -0.25) is 9.59 Å². The third-order valence-corrected chi connectivity index (χ3v) is 6.38. The zero-order valence-electron chi connectivity index (χ0n) is 21.2. The van der Waals surface area contributed by atoms with Gasteiger partial charge in [0.2, 0.25) is 0 Å². The SMILES string of the molecule is O=C(N[C@@H](COc1ccc2[nH]c(=O)[nH]c2c1)c1ccc(F)cc1)c1cccn(Cc2ccc(C(F)(F)F)cc2)c1=O. The van der Waals surface area contributed by atoms with Crippen LogP contribution in [0.25, 0.3) is 11.0 Å². The minimum Gasteiger partial charge on any atom is -0.491 e. The molecule has 5 rings (SSSR count). The number of nitrogens with one attached hydrogen (secondary N) is 3. The van der Waals surface area contributed by atoms with Gasteiger partial charge in [0.1, 0.15) is 23.7 Å². The van der Waals surface area contributed by atoms with Gasteiger partial charge in [-0.05, 0) is 59.7 Å². The lowest BCUT2D eigenvalue weighted by Crippen LogP contribution is -2.37. The maximum absolute atomic E-state index is 13.6. The molecule has 0 aliphatic rings. The fraction of sp³-hybridized carbons (Fsp3) is 0.138. The number of fused-ring (bicyclic) bond motifs is 1. The van der Waals surface area contributed by atoms with Crippen molar-refractivity contribution in [1.82, 2.24) is 19.9 Å². The molecule has 8 nitrogen and oxygen atoms in total. The molecule has 1 amide bonds. The van der Waals surface area contributed by atoms with E-state index in [0.717, 1.165) is 12.1 Å². The van der Waals surface area contributed by atoms with Gasteiger partial charge in [-0.2, -0.15) is 13.2 Å². The van der Waals surface area contributed by atoms with E-state index < -0.39 is 35.1 Å². The number of carbonyl (C=O) groups excluding carboxylic acids is 1. The maximum atomic E-state index is 13.6. The Hall–Kier alpha value is -5.13. The average Bonchev–Trinajstić information content (AvgIpc) is 3.31. The maximum Gasteiger partial charge on any atom is 0.416 e. The number of rotatable bonds is 8. The summed E-state index contributed by atoms with van der Waals surface area (Å²) in [7, 11) is 0. The van der Waals surface area contributed by atoms with Gasteiger partial charge in [-0.1, -0.05) is 24.3 Å². The predicted octanol–water partition coefficient (Wildman–Crippen LogP) is 4.77. The molecule has 2 heterocycles. The van der Waals surface area contributed by atoms with E-state index in [2.05, 4.69) is 15.3 Å². The normalized spacial score (nSPS) is 12.3. The van der Waals surface area contributed by atoms with E-state index in [1.165, 1.54) is 59.3 Å². The van der Waals surface area contributed by atoms with Gasteiger partial charge in [-0.15, -0.1) is 0 Å². The van der Waals surface area contributed by atoms with Gasteiger partial charge >= 0.3 is 11.9 Å². The number of hydrogen-bond acceptors (Lipinski definition) is 4. The first-order valence-electron chi connectivity index (χ1n) is 12.3. The highest BCUT2D eigenvalue weighted by molar-refractivity contribution is 5.94. The lowest BCUT2D eigenvalue weighted by atomic mass is 10.1. The summed E-state index contributed by atoms with van der Waals surface area (Å²) in [4.78, 5) is 43.2. The first kappa shape index (κ1) is 27.4. The van der Waals surface area contributed by atoms with Crippen molar-refractivity contribution in [2.75, 3.05) is 6.61 Å². The smallest absolute Gasteiger partial charge is 0.416 e. The molecule has 12 heteroatoms. The number of nitrogens with zero attached hydrogens (tertiary/aromatic N) is 1. The van der Waals surface area contributed by atoms with Crippen molar-refractivity contribution in [3.8, 4) is 5.75 Å². The van der Waals surface area contributed by atoms with Gasteiger partial charge < -0.3 is 24.6 Å². The largest absolute Gasteiger partial charge is 0.491 e. The highest BCUT2D eigenvalue weighted by atomic mass is 19.4. The number of amides is 1. The quantitative estimate of drug-likeness (QED) is 0.235. The number of aromatic nitrogens is 3. The van der Waals surface area contributed by atoms with Crippen molar-refractivity contribution >= 4 is 16.9 Å². The summed E-state index contributed by atoms with van der Waals surface area (Å²) in [6.07, 6.45) is -3.05. The molecular weight excluding hydrogens is 544 g/mol. The van der Waals surface area contributed by atoms with Gasteiger partial charge in [0, 0.05) is 12.3 Å². The first-order chi connectivity index (χ1) is 19.6. The van der Waals surface area contributed by atoms with Gasteiger partial charge in [0.15, 0.2) is 0 Å². The highest BCUT2D eigenvalue weighted by Crippen LogP contribution is 2.29. The molecule has 210 valence electrons. The zero-order chi connectivity index (χ0) is 29.1. The van der Waals surface area contributed by atoms with Crippen LogP contribution in [0.3, 0.4) is 0 Å². The molecule has 3 aromatic carbocycles. The number of imidazole rings is 1. The molecule has 0 aliphatic carbocycles. The van der Waals surface area contributed by atoms with Crippen LogP contribution >= 0.6 is 0 Å². The summed E-state index contributed by atoms with van der Waals surface area (Å²) in [5.41, 5.74) is 0.0314. The Morgan fingerprint density at radius 1 is 0.927 bits per heavy atom. The summed E-state index contributed by atoms with van der Waals surface area (Å²) in [6, 6.07) is 16.7. The van der Waals surface area contributed by atoms with E-state index >= 15 is 0 Å². The predicted molar refractivity (Wildman–Crippen MR) is 142 cm³/mol. The molecule has 0 bridgehead atoms. The van der Waals surface area contributed by atoms with Gasteiger partial charge in [0.05, 0.1) is 29.2 Å². The molecule has 1 atom stereocenters. The fourth-order valence-electron chi connectivity index (χ4n) is 4.26. The Labute approximate surface area is 229 Å². The van der Waals surface area contributed by atoms with Crippen molar-refractivity contribution in [3.05, 3.63) is 134 Å². The molecule has 3 N–H and O–H groups in total. The van der Waals surface area contributed by atoms with Crippen LogP contribution in [0.5, 0.6) is 5.75 Å². The number of carbonyl (C=O) groups is 1. The minimum atomic E-state index is -4.48. The number of H-pyrrole nitrogens is 2. The Kier molecular flexibility index (Phi) is 7.47. The number of ether oxygens (including phenoxy) is 1. The van der Waals surface area contributed by atoms with Crippen LogP contribution in [0.1, 0.15) is 33.1 Å². The molecule has 0 unspecified atom stereocenters. The van der Waals surface area contributed by atoms with Crippen LogP contribution in [-0.2, 0) is 12.7 Å². The molecule has 0 aliphatic heterocycles. The van der Waals surface area contributed by atoms with Crippen molar-refractivity contribution in [2.45, 2.75) is 18.8 Å². The Balaban J connectivity index is 1.35. The molecule has 0 fully saturated rings. The zero-order valence-corrected chi connectivity index (χ0v) is 21.2. The lowest BCUT2D eigenvalue weighted by Gasteiger charge is -2.20. The Morgan fingerprint density at radius 2 is 1.63 bits per heavy atom. The number of aromatic amines is 2. The molecule has 0 radical (unpaired) electrons. The molecular formula is C29H22F4N4O4. The second kappa shape index (κ2) is 11.2. The molecule has 0 saturated carbocycles. The number of hydrogen-bond donors (Lipinski definition) is 3.